The summed E-state index contributed by atoms with van der Waals surface area (Å²) >= 11 is 0. The smallest absolute Gasteiger partial charge is 0.162 e. The highest BCUT2D eigenvalue weighted by Crippen LogP contribution is 2.36. The lowest BCUT2D eigenvalue weighted by atomic mass is 10.2. The minimum Gasteiger partial charge on any atom is -0.493 e. The number of hydrogen-bond donors (Lipinski definition) is 1. The van der Waals surface area contributed by atoms with Crippen molar-refractivity contribution in [3.63, 3.8) is 0 Å². The van der Waals surface area contributed by atoms with Gasteiger partial charge in [-0.1, -0.05) is 5.16 Å². The minimum atomic E-state index is 0.671. The van der Waals surface area contributed by atoms with Crippen molar-refractivity contribution in [2.24, 2.45) is 12.2 Å². The summed E-state index contributed by atoms with van der Waals surface area (Å²) in [5.74, 6) is 1.36. The molecule has 0 amide bonds. The highest BCUT2D eigenvalue weighted by molar-refractivity contribution is 5.99. The van der Waals surface area contributed by atoms with Crippen LogP contribution in [0.2, 0.25) is 0 Å². The normalized spacial score (nSPS) is 11.7. The summed E-state index contributed by atoms with van der Waals surface area (Å²) in [4.78, 5) is 4.51. The van der Waals surface area contributed by atoms with Gasteiger partial charge in [0.15, 0.2) is 11.5 Å². The molecule has 26 heavy (non-hydrogen) atoms. The van der Waals surface area contributed by atoms with E-state index in [9.17, 15) is 0 Å². The van der Waals surface area contributed by atoms with E-state index in [-0.39, 0.29) is 0 Å². The van der Waals surface area contributed by atoms with Crippen LogP contribution < -0.4 is 9.47 Å². The number of aromatic nitrogens is 3. The number of ether oxygens (including phenoxy) is 2. The maximum Gasteiger partial charge on any atom is 0.162 e. The van der Waals surface area contributed by atoms with Crippen molar-refractivity contribution in [1.29, 1.82) is 0 Å². The number of nitrogens with zero attached hydrogens (tertiary/aromatic N) is 4. The van der Waals surface area contributed by atoms with Crippen LogP contribution in [0.25, 0.3) is 27.6 Å². The molecule has 4 aromatic rings. The average Bonchev–Trinajstić information content (AvgIpc) is 3.22. The van der Waals surface area contributed by atoms with E-state index in [1.807, 2.05) is 52.8 Å². The predicted molar refractivity (Wildman–Crippen MR) is 100 cm³/mol. The van der Waals surface area contributed by atoms with Gasteiger partial charge in [0.05, 0.1) is 31.6 Å². The number of fused-ring (bicyclic) bond motifs is 2. The summed E-state index contributed by atoms with van der Waals surface area (Å²) in [6.07, 6.45) is 7.10. The summed E-state index contributed by atoms with van der Waals surface area (Å²) < 4.78 is 14.9. The minimum absolute atomic E-state index is 0.671. The Bertz CT molecular complexity index is 1140. The number of pyridine rings is 1. The van der Waals surface area contributed by atoms with Crippen LogP contribution in [0.5, 0.6) is 11.5 Å². The van der Waals surface area contributed by atoms with Gasteiger partial charge in [-0.25, -0.2) is 4.98 Å². The topological polar surface area (TPSA) is 73.8 Å². The number of aryl methyl sites for hydroxylation is 1. The van der Waals surface area contributed by atoms with Crippen LogP contribution in [-0.4, -0.2) is 39.8 Å². The lowest BCUT2D eigenvalue weighted by Gasteiger charge is -2.09. The maximum atomic E-state index is 8.87. The zero-order chi connectivity index (χ0) is 18.3. The summed E-state index contributed by atoms with van der Waals surface area (Å²) in [6, 6.07) is 7.69. The molecule has 0 saturated carbocycles. The Balaban J connectivity index is 2.01. The first-order valence-corrected chi connectivity index (χ1v) is 8.03. The second-order valence-electron chi connectivity index (χ2n) is 5.92. The van der Waals surface area contributed by atoms with Crippen LogP contribution in [-0.2, 0) is 7.05 Å². The fraction of sp³-hybridized carbons (Fsp3) is 0.158. The molecule has 3 aromatic heterocycles. The monoisotopic (exact) mass is 350 g/mol. The molecule has 7 heteroatoms. The van der Waals surface area contributed by atoms with E-state index in [4.69, 9.17) is 14.7 Å². The molecule has 1 aromatic carbocycles. The number of methoxy groups -OCH3 is 2. The van der Waals surface area contributed by atoms with Crippen molar-refractivity contribution >= 4 is 28.2 Å². The van der Waals surface area contributed by atoms with Crippen molar-refractivity contribution in [3.8, 4) is 17.2 Å². The number of hydrogen-bond acceptors (Lipinski definition) is 5. The van der Waals surface area contributed by atoms with E-state index in [0.29, 0.717) is 11.5 Å². The van der Waals surface area contributed by atoms with Crippen LogP contribution in [0.15, 0.2) is 48.0 Å². The van der Waals surface area contributed by atoms with E-state index in [1.165, 1.54) is 6.21 Å². The van der Waals surface area contributed by atoms with E-state index < -0.39 is 0 Å². The first kappa shape index (κ1) is 16.0. The molecule has 0 unspecified atom stereocenters. The lowest BCUT2D eigenvalue weighted by molar-refractivity contribution is 0.322. The number of oxime groups is 1. The molecule has 0 aliphatic rings. The summed E-state index contributed by atoms with van der Waals surface area (Å²) in [5, 5.41) is 13.9. The lowest BCUT2D eigenvalue weighted by Crippen LogP contribution is -1.95. The fourth-order valence-corrected chi connectivity index (χ4v) is 3.31. The molecule has 3 heterocycles. The van der Waals surface area contributed by atoms with Crippen LogP contribution in [0.1, 0.15) is 5.56 Å². The van der Waals surface area contributed by atoms with E-state index in [1.54, 1.807) is 20.4 Å². The van der Waals surface area contributed by atoms with Gasteiger partial charge < -0.3 is 19.2 Å². The Morgan fingerprint density at radius 2 is 1.88 bits per heavy atom. The fourth-order valence-electron chi connectivity index (χ4n) is 3.31. The Kier molecular flexibility index (Phi) is 3.76. The first-order chi connectivity index (χ1) is 12.7. The second-order valence-corrected chi connectivity index (χ2v) is 5.92. The molecule has 7 nitrogen and oxygen atoms in total. The predicted octanol–water partition coefficient (Wildman–Crippen LogP) is 3.34. The van der Waals surface area contributed by atoms with Gasteiger partial charge in [-0.05, 0) is 18.2 Å². The molecular weight excluding hydrogens is 332 g/mol. The zero-order valence-electron chi connectivity index (χ0n) is 14.7. The summed E-state index contributed by atoms with van der Waals surface area (Å²) in [5.41, 5.74) is 3.58. The Morgan fingerprint density at radius 3 is 2.62 bits per heavy atom. The van der Waals surface area contributed by atoms with Crippen LogP contribution in [0, 0.1) is 0 Å². The summed E-state index contributed by atoms with van der Waals surface area (Å²) in [6.45, 7) is 0. The molecule has 0 spiro atoms. The Morgan fingerprint density at radius 1 is 1.12 bits per heavy atom. The molecule has 0 radical (unpaired) electrons. The first-order valence-electron chi connectivity index (χ1n) is 8.03. The standard InChI is InChI=1S/C19H18N4O3/c1-22-11-16(14-8-17(25-2)18(26-3)9-15(14)22)23-7-5-13-12(10-21-24)4-6-20-19(13)23/h4-11,24H,1-3H3. The largest absolute Gasteiger partial charge is 0.493 e. The van der Waals surface area contributed by atoms with Crippen LogP contribution in [0.4, 0.5) is 0 Å². The van der Waals surface area contributed by atoms with Gasteiger partial charge in [-0.3, -0.25) is 4.57 Å². The van der Waals surface area contributed by atoms with Crippen molar-refractivity contribution in [2.75, 3.05) is 14.2 Å². The molecule has 0 bridgehead atoms. The van der Waals surface area contributed by atoms with Gasteiger partial charge in [0.2, 0.25) is 0 Å². The molecule has 0 aliphatic heterocycles. The third kappa shape index (κ3) is 2.28. The van der Waals surface area contributed by atoms with E-state index in [2.05, 4.69) is 10.1 Å². The molecule has 0 fully saturated rings. The zero-order valence-corrected chi connectivity index (χ0v) is 14.7. The number of benzene rings is 1. The van der Waals surface area contributed by atoms with E-state index in [0.717, 1.165) is 33.2 Å². The molecular formula is C19H18N4O3. The molecule has 0 atom stereocenters. The van der Waals surface area contributed by atoms with Gasteiger partial charge in [-0.2, -0.15) is 0 Å². The maximum absolute atomic E-state index is 8.87. The van der Waals surface area contributed by atoms with Gasteiger partial charge in [-0.15, -0.1) is 0 Å². The Labute approximate surface area is 149 Å². The highest BCUT2D eigenvalue weighted by Gasteiger charge is 2.16. The van der Waals surface area contributed by atoms with E-state index >= 15 is 0 Å². The SMILES string of the molecule is COc1cc2c(-n3ccc4c(C=NO)ccnc43)cn(C)c2cc1OC. The van der Waals surface area contributed by atoms with Gasteiger partial charge in [0, 0.05) is 48.0 Å². The average molecular weight is 350 g/mol. The molecule has 4 rings (SSSR count). The molecule has 0 saturated heterocycles. The van der Waals surface area contributed by atoms with Crippen LogP contribution >= 0.6 is 0 Å². The highest BCUT2D eigenvalue weighted by atomic mass is 16.5. The molecule has 0 aliphatic carbocycles. The third-order valence-electron chi connectivity index (χ3n) is 4.55. The van der Waals surface area contributed by atoms with Gasteiger partial charge >= 0.3 is 0 Å². The van der Waals surface area contributed by atoms with Crippen molar-refractivity contribution < 1.29 is 14.7 Å². The Hall–Kier alpha value is -3.48. The van der Waals surface area contributed by atoms with Gasteiger partial charge in [0.25, 0.3) is 0 Å². The number of rotatable bonds is 4. The second kappa shape index (κ2) is 6.11. The molecule has 1 N–H and O–H groups in total. The van der Waals surface area contributed by atoms with Crippen molar-refractivity contribution in [3.05, 3.63) is 48.4 Å². The third-order valence-corrected chi connectivity index (χ3v) is 4.55. The molecule has 132 valence electrons. The summed E-state index contributed by atoms with van der Waals surface area (Å²) in [7, 11) is 5.24. The van der Waals surface area contributed by atoms with Crippen LogP contribution in [0.3, 0.4) is 0 Å². The van der Waals surface area contributed by atoms with Crippen molar-refractivity contribution in [1.82, 2.24) is 14.1 Å². The van der Waals surface area contributed by atoms with Gasteiger partial charge in [0.1, 0.15) is 5.65 Å². The quantitative estimate of drug-likeness (QED) is 0.348. The van der Waals surface area contributed by atoms with Crippen molar-refractivity contribution in [2.45, 2.75) is 0 Å².